The molecule has 0 radical (unpaired) electrons. The lowest BCUT2D eigenvalue weighted by atomic mass is 9.95. The topological polar surface area (TPSA) is 108 Å². The molecule has 8 nitrogen and oxygen atoms in total. The van der Waals surface area contributed by atoms with Crippen LogP contribution in [0.2, 0.25) is 0 Å². The first-order chi connectivity index (χ1) is 20.2. The van der Waals surface area contributed by atoms with Gasteiger partial charge < -0.3 is 19.0 Å². The molecule has 1 unspecified atom stereocenters. The van der Waals surface area contributed by atoms with E-state index in [4.69, 9.17) is 13.7 Å². The van der Waals surface area contributed by atoms with Crippen LogP contribution in [0.3, 0.4) is 0 Å². The highest BCUT2D eigenvalue weighted by molar-refractivity contribution is 7.87. The number of hydrogen-bond acceptors (Lipinski definition) is 7. The lowest BCUT2D eigenvalue weighted by Crippen LogP contribution is -2.31. The zero-order chi connectivity index (χ0) is 29.7. The van der Waals surface area contributed by atoms with Crippen molar-refractivity contribution in [3.05, 3.63) is 119 Å². The SMILES string of the molecule is COC(=O)CC(CNC(=O)OCC1c2ccccc2-c2ccccc21)c1ccc(OS(=O)(=O)c2ccc(C)cc2)cc1. The molecule has 5 rings (SSSR count). The zero-order valence-electron chi connectivity index (χ0n) is 23.3. The van der Waals surface area contributed by atoms with Crippen LogP contribution in [-0.2, 0) is 24.4 Å². The molecule has 0 saturated heterocycles. The first kappa shape index (κ1) is 28.9. The van der Waals surface area contributed by atoms with Crippen molar-refractivity contribution in [2.45, 2.75) is 30.1 Å². The second-order valence-electron chi connectivity index (χ2n) is 10.1. The molecule has 9 heteroatoms. The molecule has 1 aliphatic rings. The van der Waals surface area contributed by atoms with Gasteiger partial charge in [-0.2, -0.15) is 8.42 Å². The van der Waals surface area contributed by atoms with E-state index in [1.165, 1.54) is 31.4 Å². The van der Waals surface area contributed by atoms with E-state index < -0.39 is 28.1 Å². The third-order valence-electron chi connectivity index (χ3n) is 7.34. The van der Waals surface area contributed by atoms with Crippen LogP contribution in [0.4, 0.5) is 4.79 Å². The van der Waals surface area contributed by atoms with E-state index in [0.717, 1.165) is 27.8 Å². The fourth-order valence-electron chi connectivity index (χ4n) is 5.12. The molecule has 0 fully saturated rings. The van der Waals surface area contributed by atoms with E-state index in [1.807, 2.05) is 43.3 Å². The molecule has 1 atom stereocenters. The lowest BCUT2D eigenvalue weighted by Gasteiger charge is -2.19. The van der Waals surface area contributed by atoms with E-state index in [-0.39, 0.29) is 36.1 Å². The number of ether oxygens (including phenoxy) is 2. The number of aryl methyl sites for hydroxylation is 1. The minimum Gasteiger partial charge on any atom is -0.469 e. The number of benzene rings is 4. The Balaban J connectivity index is 1.22. The first-order valence-corrected chi connectivity index (χ1v) is 14.9. The van der Waals surface area contributed by atoms with Crippen molar-refractivity contribution in [1.29, 1.82) is 0 Å². The molecule has 4 aromatic rings. The summed E-state index contributed by atoms with van der Waals surface area (Å²) in [4.78, 5) is 24.9. The van der Waals surface area contributed by atoms with Gasteiger partial charge in [-0.3, -0.25) is 4.79 Å². The molecule has 1 amide bonds. The predicted octanol–water partition coefficient (Wildman–Crippen LogP) is 5.95. The standard InChI is InChI=1S/C33H31NO7S/c1-22-11-17-26(18-12-22)42(37,38)41-25-15-13-23(14-16-25)24(19-32(35)39-2)20-34-33(36)40-21-31-29-9-5-3-7-27(29)28-8-4-6-10-30(28)31/h3-18,24,31H,19-21H2,1-2H3,(H,34,36). The number of alkyl carbamates (subject to hydrolysis) is 1. The highest BCUT2D eigenvalue weighted by Crippen LogP contribution is 2.44. The van der Waals surface area contributed by atoms with Gasteiger partial charge >= 0.3 is 22.2 Å². The number of rotatable bonds is 10. The summed E-state index contributed by atoms with van der Waals surface area (Å²) in [7, 11) is -2.71. The highest BCUT2D eigenvalue weighted by Gasteiger charge is 2.29. The Morgan fingerprint density at radius 1 is 0.833 bits per heavy atom. The lowest BCUT2D eigenvalue weighted by molar-refractivity contribution is -0.141. The first-order valence-electron chi connectivity index (χ1n) is 13.5. The maximum absolute atomic E-state index is 12.7. The Morgan fingerprint density at radius 3 is 2.02 bits per heavy atom. The Kier molecular flexibility index (Phi) is 8.59. The van der Waals surface area contributed by atoms with Crippen molar-refractivity contribution < 1.29 is 31.7 Å². The van der Waals surface area contributed by atoms with Gasteiger partial charge in [-0.05, 0) is 59.0 Å². The molecule has 0 bridgehead atoms. The molecule has 216 valence electrons. The Hall–Kier alpha value is -4.63. The summed E-state index contributed by atoms with van der Waals surface area (Å²) in [6.07, 6.45) is -0.599. The molecule has 0 aliphatic heterocycles. The number of hydrogen-bond donors (Lipinski definition) is 1. The van der Waals surface area contributed by atoms with E-state index in [1.54, 1.807) is 24.3 Å². The van der Waals surface area contributed by atoms with Crippen molar-refractivity contribution in [3.63, 3.8) is 0 Å². The normalized spacial score (nSPS) is 13.0. The fraction of sp³-hybridized carbons (Fsp3) is 0.212. The summed E-state index contributed by atoms with van der Waals surface area (Å²) >= 11 is 0. The van der Waals surface area contributed by atoms with Crippen molar-refractivity contribution in [2.75, 3.05) is 20.3 Å². The molecule has 4 aromatic carbocycles. The molecule has 1 N–H and O–H groups in total. The molecule has 0 heterocycles. The number of methoxy groups -OCH3 is 1. The summed E-state index contributed by atoms with van der Waals surface area (Å²) < 4.78 is 41.0. The van der Waals surface area contributed by atoms with Crippen LogP contribution in [0, 0.1) is 6.92 Å². The van der Waals surface area contributed by atoms with Gasteiger partial charge in [0.05, 0.1) is 13.5 Å². The molecular formula is C33H31NO7S. The smallest absolute Gasteiger partial charge is 0.407 e. The van der Waals surface area contributed by atoms with Gasteiger partial charge in [0.2, 0.25) is 0 Å². The van der Waals surface area contributed by atoms with Gasteiger partial charge in [0, 0.05) is 18.4 Å². The maximum atomic E-state index is 12.7. The third-order valence-corrected chi connectivity index (χ3v) is 8.61. The monoisotopic (exact) mass is 585 g/mol. The summed E-state index contributed by atoms with van der Waals surface area (Å²) in [5.41, 5.74) is 6.13. The van der Waals surface area contributed by atoms with Crippen LogP contribution in [-0.4, -0.2) is 40.7 Å². The van der Waals surface area contributed by atoms with Crippen molar-refractivity contribution in [1.82, 2.24) is 5.32 Å². The highest BCUT2D eigenvalue weighted by atomic mass is 32.2. The number of amides is 1. The van der Waals surface area contributed by atoms with Gasteiger partial charge in [-0.15, -0.1) is 0 Å². The minimum absolute atomic E-state index is 0.00201. The van der Waals surface area contributed by atoms with E-state index in [9.17, 15) is 18.0 Å². The van der Waals surface area contributed by atoms with Crippen LogP contribution in [0.1, 0.15) is 40.5 Å². The van der Waals surface area contributed by atoms with Crippen molar-refractivity contribution in [2.24, 2.45) is 0 Å². The Bertz CT molecular complexity index is 1640. The largest absolute Gasteiger partial charge is 0.469 e. The van der Waals surface area contributed by atoms with Crippen LogP contribution in [0.5, 0.6) is 5.75 Å². The number of fused-ring (bicyclic) bond motifs is 3. The number of carbonyl (C=O) groups is 2. The summed E-state index contributed by atoms with van der Waals surface area (Å²) in [6.45, 7) is 2.14. The fourth-order valence-corrected chi connectivity index (χ4v) is 6.05. The third kappa shape index (κ3) is 6.47. The van der Waals surface area contributed by atoms with E-state index >= 15 is 0 Å². The summed E-state index contributed by atoms with van der Waals surface area (Å²) in [5.74, 6) is -0.837. The van der Waals surface area contributed by atoms with Crippen molar-refractivity contribution in [3.8, 4) is 16.9 Å². The van der Waals surface area contributed by atoms with Crippen LogP contribution >= 0.6 is 0 Å². The maximum Gasteiger partial charge on any atom is 0.407 e. The van der Waals surface area contributed by atoms with E-state index in [2.05, 4.69) is 17.4 Å². The average Bonchev–Trinajstić information content (AvgIpc) is 3.32. The van der Waals surface area contributed by atoms with Gasteiger partial charge in [-0.25, -0.2) is 4.79 Å². The van der Waals surface area contributed by atoms with Crippen LogP contribution in [0.25, 0.3) is 11.1 Å². The zero-order valence-corrected chi connectivity index (χ0v) is 24.1. The summed E-state index contributed by atoms with van der Waals surface area (Å²) in [6, 6.07) is 28.9. The Labute approximate surface area is 245 Å². The second-order valence-corrected chi connectivity index (χ2v) is 11.6. The Morgan fingerprint density at radius 2 is 1.43 bits per heavy atom. The molecule has 0 spiro atoms. The molecular weight excluding hydrogens is 554 g/mol. The minimum atomic E-state index is -4.01. The van der Waals surface area contributed by atoms with Gasteiger partial charge in [0.1, 0.15) is 17.3 Å². The molecule has 42 heavy (non-hydrogen) atoms. The quantitative estimate of drug-likeness (QED) is 0.181. The van der Waals surface area contributed by atoms with Crippen molar-refractivity contribution >= 4 is 22.2 Å². The van der Waals surface area contributed by atoms with Gasteiger partial charge in [-0.1, -0.05) is 78.4 Å². The molecule has 0 aromatic heterocycles. The van der Waals surface area contributed by atoms with Crippen LogP contribution in [0.15, 0.2) is 102 Å². The predicted molar refractivity (Wildman–Crippen MR) is 158 cm³/mol. The molecule has 0 saturated carbocycles. The second kappa shape index (κ2) is 12.5. The number of esters is 1. The summed E-state index contributed by atoms with van der Waals surface area (Å²) in [5, 5.41) is 2.77. The number of carbonyl (C=O) groups excluding carboxylic acids is 2. The van der Waals surface area contributed by atoms with Gasteiger partial charge in [0.15, 0.2) is 0 Å². The van der Waals surface area contributed by atoms with Gasteiger partial charge in [0.25, 0.3) is 0 Å². The van der Waals surface area contributed by atoms with Crippen LogP contribution < -0.4 is 9.50 Å². The average molecular weight is 586 g/mol. The van der Waals surface area contributed by atoms with E-state index in [0.29, 0.717) is 5.56 Å². The molecule has 1 aliphatic carbocycles. The number of nitrogens with one attached hydrogen (secondary N) is 1.